The van der Waals surface area contributed by atoms with Crippen LogP contribution in [0.3, 0.4) is 0 Å². The first-order chi connectivity index (χ1) is 13.7. The van der Waals surface area contributed by atoms with Gasteiger partial charge in [0.05, 0.1) is 25.0 Å². The van der Waals surface area contributed by atoms with Gasteiger partial charge in [0.1, 0.15) is 0 Å². The topological polar surface area (TPSA) is 52.6 Å². The quantitative estimate of drug-likeness (QED) is 0.210. The molecule has 0 N–H and O–H groups in total. The van der Waals surface area contributed by atoms with Gasteiger partial charge < -0.3 is 9.47 Å². The minimum Gasteiger partial charge on any atom is -0.465 e. The second-order valence-electron chi connectivity index (χ2n) is 7.33. The van der Waals surface area contributed by atoms with Crippen molar-refractivity contribution in [2.45, 2.75) is 78.1 Å². The molecule has 4 heteroatoms. The minimum absolute atomic E-state index is 0.258. The Labute approximate surface area is 171 Å². The van der Waals surface area contributed by atoms with Crippen LogP contribution >= 0.6 is 0 Å². The summed E-state index contributed by atoms with van der Waals surface area (Å²) in [5.74, 6) is -1.33. The maximum Gasteiger partial charge on any atom is 0.310 e. The Morgan fingerprint density at radius 1 is 0.750 bits per heavy atom. The van der Waals surface area contributed by atoms with Gasteiger partial charge in [-0.1, -0.05) is 36.5 Å². The summed E-state index contributed by atoms with van der Waals surface area (Å²) in [7, 11) is 0. The SMILES string of the molecule is C/C=C/CCCCCOC(=O)C1CC=CCC1C(=O)OCCCCC/C=C/C. The second kappa shape index (κ2) is 16.1. The zero-order chi connectivity index (χ0) is 20.5. The van der Waals surface area contributed by atoms with Gasteiger partial charge in [-0.05, 0) is 78.1 Å². The molecule has 2 atom stereocenters. The molecular weight excluding hydrogens is 352 g/mol. The molecule has 0 fully saturated rings. The highest BCUT2D eigenvalue weighted by atomic mass is 16.5. The number of allylic oxidation sites excluding steroid dienone is 6. The van der Waals surface area contributed by atoms with E-state index in [4.69, 9.17) is 9.47 Å². The van der Waals surface area contributed by atoms with Gasteiger partial charge in [0.2, 0.25) is 0 Å². The largest absolute Gasteiger partial charge is 0.465 e. The number of unbranched alkanes of at least 4 members (excludes halogenated alkanes) is 6. The van der Waals surface area contributed by atoms with E-state index in [-0.39, 0.29) is 11.9 Å². The Morgan fingerprint density at radius 2 is 1.18 bits per heavy atom. The van der Waals surface area contributed by atoms with E-state index < -0.39 is 11.8 Å². The van der Waals surface area contributed by atoms with E-state index in [2.05, 4.69) is 24.3 Å². The fourth-order valence-corrected chi connectivity index (χ4v) is 3.31. The van der Waals surface area contributed by atoms with Crippen LogP contribution in [0, 0.1) is 11.8 Å². The van der Waals surface area contributed by atoms with Crippen LogP contribution < -0.4 is 0 Å². The van der Waals surface area contributed by atoms with E-state index in [0.717, 1.165) is 51.4 Å². The fraction of sp³-hybridized carbons (Fsp3) is 0.667. The average Bonchev–Trinajstić information content (AvgIpc) is 2.72. The maximum atomic E-state index is 12.4. The zero-order valence-corrected chi connectivity index (χ0v) is 17.7. The van der Waals surface area contributed by atoms with Crippen molar-refractivity contribution in [2.24, 2.45) is 11.8 Å². The third-order valence-corrected chi connectivity index (χ3v) is 5.03. The number of hydrogen-bond acceptors (Lipinski definition) is 4. The van der Waals surface area contributed by atoms with Crippen LogP contribution in [0.25, 0.3) is 0 Å². The molecule has 1 aliphatic rings. The van der Waals surface area contributed by atoms with Crippen molar-refractivity contribution in [3.05, 3.63) is 36.5 Å². The molecule has 0 saturated carbocycles. The van der Waals surface area contributed by atoms with Gasteiger partial charge in [-0.15, -0.1) is 0 Å². The van der Waals surface area contributed by atoms with Crippen molar-refractivity contribution >= 4 is 11.9 Å². The standard InChI is InChI=1S/C24H38O4/c1-3-5-7-9-11-15-19-27-23(25)21-17-13-14-18-22(21)24(26)28-20-16-12-10-8-6-4-2/h3-6,13-14,21-22H,7-12,15-20H2,1-2H3/b5-3+,6-4+. The van der Waals surface area contributed by atoms with Gasteiger partial charge in [0.25, 0.3) is 0 Å². The third kappa shape index (κ3) is 10.5. The molecule has 2 unspecified atom stereocenters. The molecule has 0 radical (unpaired) electrons. The van der Waals surface area contributed by atoms with Gasteiger partial charge in [0.15, 0.2) is 0 Å². The molecule has 4 nitrogen and oxygen atoms in total. The van der Waals surface area contributed by atoms with E-state index in [1.165, 1.54) is 0 Å². The first-order valence-electron chi connectivity index (χ1n) is 10.9. The number of ether oxygens (including phenoxy) is 2. The summed E-state index contributed by atoms with van der Waals surface area (Å²) in [5, 5.41) is 0. The number of esters is 2. The smallest absolute Gasteiger partial charge is 0.310 e. The molecule has 158 valence electrons. The molecule has 0 bridgehead atoms. The first kappa shape index (κ1) is 24.2. The summed E-state index contributed by atoms with van der Waals surface area (Å²) < 4.78 is 10.9. The lowest BCUT2D eigenvalue weighted by Crippen LogP contribution is -2.34. The molecule has 0 saturated heterocycles. The molecule has 0 spiro atoms. The summed E-state index contributed by atoms with van der Waals surface area (Å²) in [5.41, 5.74) is 0. The minimum atomic E-state index is -0.407. The van der Waals surface area contributed by atoms with Gasteiger partial charge in [-0.2, -0.15) is 0 Å². The maximum absolute atomic E-state index is 12.4. The number of carbonyl (C=O) groups is 2. The summed E-state index contributed by atoms with van der Waals surface area (Å²) >= 11 is 0. The van der Waals surface area contributed by atoms with E-state index in [0.29, 0.717) is 26.1 Å². The van der Waals surface area contributed by atoms with E-state index >= 15 is 0 Å². The molecule has 0 aromatic rings. The molecule has 1 rings (SSSR count). The lowest BCUT2D eigenvalue weighted by molar-refractivity contribution is -0.161. The Hall–Kier alpha value is -1.84. The highest BCUT2D eigenvalue weighted by Crippen LogP contribution is 2.28. The van der Waals surface area contributed by atoms with Crippen molar-refractivity contribution in [3.63, 3.8) is 0 Å². The molecule has 0 aromatic carbocycles. The van der Waals surface area contributed by atoms with Gasteiger partial charge >= 0.3 is 11.9 Å². The van der Waals surface area contributed by atoms with Crippen molar-refractivity contribution in [3.8, 4) is 0 Å². The van der Waals surface area contributed by atoms with Crippen LogP contribution in [0.2, 0.25) is 0 Å². The predicted molar refractivity (Wildman–Crippen MR) is 114 cm³/mol. The first-order valence-corrected chi connectivity index (χ1v) is 10.9. The molecule has 1 aliphatic carbocycles. The van der Waals surface area contributed by atoms with E-state index in [9.17, 15) is 9.59 Å². The highest BCUT2D eigenvalue weighted by molar-refractivity contribution is 5.82. The normalized spacial score (nSPS) is 19.4. The zero-order valence-electron chi connectivity index (χ0n) is 17.7. The van der Waals surface area contributed by atoms with Crippen LogP contribution in [0.4, 0.5) is 0 Å². The summed E-state index contributed by atoms with van der Waals surface area (Å²) in [6.45, 7) is 4.91. The average molecular weight is 391 g/mol. The summed E-state index contributed by atoms with van der Waals surface area (Å²) in [4.78, 5) is 24.9. The fourth-order valence-electron chi connectivity index (χ4n) is 3.31. The van der Waals surface area contributed by atoms with Crippen molar-refractivity contribution in [1.82, 2.24) is 0 Å². The molecule has 0 aromatic heterocycles. The summed E-state index contributed by atoms with van der Waals surface area (Å²) in [6, 6.07) is 0. The molecule has 0 heterocycles. The van der Waals surface area contributed by atoms with Crippen LogP contribution in [-0.4, -0.2) is 25.2 Å². The molecule has 0 amide bonds. The van der Waals surface area contributed by atoms with Crippen molar-refractivity contribution in [1.29, 1.82) is 0 Å². The summed E-state index contributed by atoms with van der Waals surface area (Å²) in [6.07, 6.45) is 21.6. The van der Waals surface area contributed by atoms with Gasteiger partial charge in [-0.3, -0.25) is 9.59 Å². The van der Waals surface area contributed by atoms with Gasteiger partial charge in [0, 0.05) is 0 Å². The number of rotatable bonds is 14. The van der Waals surface area contributed by atoms with E-state index in [1.54, 1.807) is 0 Å². The van der Waals surface area contributed by atoms with Crippen molar-refractivity contribution in [2.75, 3.05) is 13.2 Å². The van der Waals surface area contributed by atoms with Gasteiger partial charge in [-0.25, -0.2) is 0 Å². The van der Waals surface area contributed by atoms with E-state index in [1.807, 2.05) is 26.0 Å². The predicted octanol–water partition coefficient (Wildman–Crippen LogP) is 5.93. The Bertz CT molecular complexity index is 473. The van der Waals surface area contributed by atoms with Crippen LogP contribution in [0.15, 0.2) is 36.5 Å². The van der Waals surface area contributed by atoms with Crippen molar-refractivity contribution < 1.29 is 19.1 Å². The Balaban J connectivity index is 2.28. The monoisotopic (exact) mass is 390 g/mol. The third-order valence-electron chi connectivity index (χ3n) is 5.03. The van der Waals surface area contributed by atoms with Crippen LogP contribution in [0.5, 0.6) is 0 Å². The lowest BCUT2D eigenvalue weighted by Gasteiger charge is -2.25. The lowest BCUT2D eigenvalue weighted by atomic mass is 9.83. The van der Waals surface area contributed by atoms with Crippen LogP contribution in [0.1, 0.15) is 78.1 Å². The molecular formula is C24H38O4. The Morgan fingerprint density at radius 3 is 1.57 bits per heavy atom. The highest BCUT2D eigenvalue weighted by Gasteiger charge is 2.36. The number of carbonyl (C=O) groups excluding carboxylic acids is 2. The molecule has 28 heavy (non-hydrogen) atoms. The number of hydrogen-bond donors (Lipinski definition) is 0. The van der Waals surface area contributed by atoms with Crippen LogP contribution in [-0.2, 0) is 19.1 Å². The molecule has 0 aliphatic heterocycles. The second-order valence-corrected chi connectivity index (χ2v) is 7.33. The Kier molecular flexibility index (Phi) is 14.0.